The van der Waals surface area contributed by atoms with Crippen molar-refractivity contribution in [3.63, 3.8) is 0 Å². The highest BCUT2D eigenvalue weighted by Gasteiger charge is 2.24. The molecular formula is C13H10ClNS. The Balaban J connectivity index is 1.91. The molecule has 1 aromatic heterocycles. The van der Waals surface area contributed by atoms with Crippen LogP contribution >= 0.6 is 23.4 Å². The standard InChI is InChI=1S/C13H10ClNS/c14-13-7-6-11-10(15-13)8-12(16-11)9-4-2-1-3-5-9/h1-7,12H,8H2. The number of halogens is 1. The molecule has 0 spiro atoms. The maximum absolute atomic E-state index is 5.90. The monoisotopic (exact) mass is 247 g/mol. The molecule has 1 unspecified atom stereocenters. The van der Waals surface area contributed by atoms with Crippen LogP contribution in [0.15, 0.2) is 47.4 Å². The van der Waals surface area contributed by atoms with Gasteiger partial charge in [-0.05, 0) is 17.7 Å². The van der Waals surface area contributed by atoms with Crippen LogP contribution in [0.5, 0.6) is 0 Å². The normalized spacial score (nSPS) is 18.4. The van der Waals surface area contributed by atoms with Gasteiger partial charge in [0.1, 0.15) is 5.15 Å². The Bertz CT molecular complexity index is 513. The Kier molecular flexibility index (Phi) is 2.62. The van der Waals surface area contributed by atoms with Crippen LogP contribution in [-0.4, -0.2) is 4.98 Å². The number of aromatic nitrogens is 1. The molecule has 0 saturated heterocycles. The molecule has 1 atom stereocenters. The average Bonchev–Trinajstić information content (AvgIpc) is 2.73. The van der Waals surface area contributed by atoms with Crippen molar-refractivity contribution in [2.24, 2.45) is 0 Å². The molecule has 0 bridgehead atoms. The fourth-order valence-electron chi connectivity index (χ4n) is 1.94. The Morgan fingerprint density at radius 2 is 1.94 bits per heavy atom. The van der Waals surface area contributed by atoms with Gasteiger partial charge in [0.2, 0.25) is 0 Å². The van der Waals surface area contributed by atoms with Crippen molar-refractivity contribution in [3.05, 3.63) is 58.9 Å². The van der Waals surface area contributed by atoms with Gasteiger partial charge in [0.15, 0.2) is 0 Å². The van der Waals surface area contributed by atoms with Crippen LogP contribution in [0.3, 0.4) is 0 Å². The average molecular weight is 248 g/mol. The van der Waals surface area contributed by atoms with E-state index in [0.29, 0.717) is 10.4 Å². The van der Waals surface area contributed by atoms with E-state index in [1.54, 1.807) is 0 Å². The van der Waals surface area contributed by atoms with E-state index in [4.69, 9.17) is 11.6 Å². The molecular weight excluding hydrogens is 238 g/mol. The van der Waals surface area contributed by atoms with Crippen LogP contribution in [0.25, 0.3) is 0 Å². The second kappa shape index (κ2) is 4.11. The number of nitrogens with zero attached hydrogens (tertiary/aromatic N) is 1. The molecule has 0 radical (unpaired) electrons. The molecule has 0 aliphatic carbocycles. The van der Waals surface area contributed by atoms with Gasteiger partial charge in [-0.2, -0.15) is 0 Å². The first-order valence-electron chi connectivity index (χ1n) is 5.20. The van der Waals surface area contributed by atoms with E-state index < -0.39 is 0 Å². The molecule has 0 saturated carbocycles. The third kappa shape index (κ3) is 1.83. The fraction of sp³-hybridized carbons (Fsp3) is 0.154. The van der Waals surface area contributed by atoms with E-state index in [-0.39, 0.29) is 0 Å². The molecule has 16 heavy (non-hydrogen) atoms. The topological polar surface area (TPSA) is 12.9 Å². The van der Waals surface area contributed by atoms with Gasteiger partial charge < -0.3 is 0 Å². The number of hydrogen-bond acceptors (Lipinski definition) is 2. The second-order valence-electron chi connectivity index (χ2n) is 3.80. The largest absolute Gasteiger partial charge is 0.240 e. The van der Waals surface area contributed by atoms with Gasteiger partial charge in [-0.15, -0.1) is 11.8 Å². The van der Waals surface area contributed by atoms with Gasteiger partial charge in [0, 0.05) is 16.6 Å². The van der Waals surface area contributed by atoms with Crippen molar-refractivity contribution in [3.8, 4) is 0 Å². The summed E-state index contributed by atoms with van der Waals surface area (Å²) in [6.45, 7) is 0. The highest BCUT2D eigenvalue weighted by Crippen LogP contribution is 2.45. The van der Waals surface area contributed by atoms with Crippen molar-refractivity contribution < 1.29 is 0 Å². The van der Waals surface area contributed by atoms with E-state index in [1.807, 2.05) is 23.9 Å². The molecule has 0 fully saturated rings. The lowest BCUT2D eigenvalue weighted by atomic mass is 10.1. The van der Waals surface area contributed by atoms with Crippen LogP contribution in [0, 0.1) is 0 Å². The molecule has 2 aromatic rings. The summed E-state index contributed by atoms with van der Waals surface area (Å²) in [4.78, 5) is 5.64. The lowest BCUT2D eigenvalue weighted by Gasteiger charge is -2.07. The minimum atomic E-state index is 0.488. The first-order chi connectivity index (χ1) is 7.83. The van der Waals surface area contributed by atoms with Crippen LogP contribution in [0.1, 0.15) is 16.5 Å². The molecule has 1 aliphatic rings. The number of fused-ring (bicyclic) bond motifs is 1. The second-order valence-corrected chi connectivity index (χ2v) is 5.43. The summed E-state index contributed by atoms with van der Waals surface area (Å²) in [6, 6.07) is 14.5. The predicted molar refractivity (Wildman–Crippen MR) is 68.0 cm³/mol. The summed E-state index contributed by atoms with van der Waals surface area (Å²) in [5, 5.41) is 1.08. The molecule has 1 aromatic carbocycles. The highest BCUT2D eigenvalue weighted by molar-refractivity contribution is 7.99. The fourth-order valence-corrected chi connectivity index (χ4v) is 3.36. The van der Waals surface area contributed by atoms with Crippen LogP contribution < -0.4 is 0 Å². The SMILES string of the molecule is Clc1ccc2c(n1)CC(c1ccccc1)S2. The molecule has 1 aliphatic heterocycles. The van der Waals surface area contributed by atoms with E-state index in [1.165, 1.54) is 10.5 Å². The van der Waals surface area contributed by atoms with Crippen LogP contribution in [0.2, 0.25) is 5.15 Å². The smallest absolute Gasteiger partial charge is 0.129 e. The Morgan fingerprint density at radius 3 is 2.75 bits per heavy atom. The molecule has 0 amide bonds. The number of rotatable bonds is 1. The number of benzene rings is 1. The lowest BCUT2D eigenvalue weighted by Crippen LogP contribution is -1.93. The van der Waals surface area contributed by atoms with E-state index in [9.17, 15) is 0 Å². The van der Waals surface area contributed by atoms with Gasteiger partial charge in [-0.1, -0.05) is 41.9 Å². The van der Waals surface area contributed by atoms with E-state index in [0.717, 1.165) is 12.1 Å². The molecule has 3 rings (SSSR count). The lowest BCUT2D eigenvalue weighted by molar-refractivity contribution is 0.902. The zero-order valence-corrected chi connectivity index (χ0v) is 10.1. The number of hydrogen-bond donors (Lipinski definition) is 0. The molecule has 3 heteroatoms. The van der Waals surface area contributed by atoms with Crippen LogP contribution in [-0.2, 0) is 6.42 Å². The maximum Gasteiger partial charge on any atom is 0.129 e. The number of thioether (sulfide) groups is 1. The predicted octanol–water partition coefficient (Wildman–Crippen LogP) is 4.12. The Hall–Kier alpha value is -0.990. The van der Waals surface area contributed by atoms with Crippen molar-refractivity contribution >= 4 is 23.4 Å². The van der Waals surface area contributed by atoms with E-state index >= 15 is 0 Å². The Morgan fingerprint density at radius 1 is 1.12 bits per heavy atom. The Labute approximate surface area is 104 Å². The molecule has 2 heterocycles. The van der Waals surface area contributed by atoms with Crippen LogP contribution in [0.4, 0.5) is 0 Å². The minimum absolute atomic E-state index is 0.488. The van der Waals surface area contributed by atoms with E-state index in [2.05, 4.69) is 35.3 Å². The summed E-state index contributed by atoms with van der Waals surface area (Å²) in [6.07, 6.45) is 0.977. The van der Waals surface area contributed by atoms with Crippen molar-refractivity contribution in [2.45, 2.75) is 16.6 Å². The molecule has 1 nitrogen and oxygen atoms in total. The minimum Gasteiger partial charge on any atom is -0.240 e. The van der Waals surface area contributed by atoms with Crippen molar-refractivity contribution in [2.75, 3.05) is 0 Å². The van der Waals surface area contributed by atoms with Crippen molar-refractivity contribution in [1.82, 2.24) is 4.98 Å². The first-order valence-corrected chi connectivity index (χ1v) is 6.46. The summed E-state index contributed by atoms with van der Waals surface area (Å²) >= 11 is 7.77. The quantitative estimate of drug-likeness (QED) is 0.703. The van der Waals surface area contributed by atoms with Gasteiger partial charge in [-0.25, -0.2) is 4.98 Å². The molecule has 80 valence electrons. The molecule has 0 N–H and O–H groups in total. The zero-order chi connectivity index (χ0) is 11.0. The third-order valence-electron chi connectivity index (χ3n) is 2.72. The van der Waals surface area contributed by atoms with Gasteiger partial charge in [-0.3, -0.25) is 0 Å². The summed E-state index contributed by atoms with van der Waals surface area (Å²) < 4.78 is 0. The summed E-state index contributed by atoms with van der Waals surface area (Å²) in [7, 11) is 0. The summed E-state index contributed by atoms with van der Waals surface area (Å²) in [5.41, 5.74) is 2.49. The first kappa shape index (κ1) is 10.2. The zero-order valence-electron chi connectivity index (χ0n) is 8.56. The number of pyridine rings is 1. The van der Waals surface area contributed by atoms with Gasteiger partial charge >= 0.3 is 0 Å². The highest BCUT2D eigenvalue weighted by atomic mass is 35.5. The van der Waals surface area contributed by atoms with Gasteiger partial charge in [0.05, 0.1) is 5.69 Å². The third-order valence-corrected chi connectivity index (χ3v) is 4.28. The van der Waals surface area contributed by atoms with Crippen molar-refractivity contribution in [1.29, 1.82) is 0 Å². The van der Waals surface area contributed by atoms with Gasteiger partial charge in [0.25, 0.3) is 0 Å². The summed E-state index contributed by atoms with van der Waals surface area (Å²) in [5.74, 6) is 0. The maximum atomic E-state index is 5.90.